The maximum Gasteiger partial charge on any atom is 0.248 e. The molecular formula is C34H49N3O5. The van der Waals surface area contributed by atoms with Gasteiger partial charge in [0.15, 0.2) is 0 Å². The average molecular weight is 580 g/mol. The molecule has 3 amide bonds. The summed E-state index contributed by atoms with van der Waals surface area (Å²) in [5.74, 6) is -2.52. The first-order valence-electron chi connectivity index (χ1n) is 15.5. The van der Waals surface area contributed by atoms with Crippen molar-refractivity contribution in [3.8, 4) is 0 Å². The van der Waals surface area contributed by atoms with Crippen molar-refractivity contribution in [1.29, 1.82) is 0 Å². The monoisotopic (exact) mass is 579 g/mol. The first-order valence-corrected chi connectivity index (χ1v) is 15.5. The van der Waals surface area contributed by atoms with Crippen LogP contribution in [0.3, 0.4) is 0 Å². The molecule has 42 heavy (non-hydrogen) atoms. The van der Waals surface area contributed by atoms with E-state index in [1.807, 2.05) is 51.1 Å². The zero-order valence-corrected chi connectivity index (χ0v) is 26.0. The predicted molar refractivity (Wildman–Crippen MR) is 165 cm³/mol. The largest absolute Gasteiger partial charge is 0.394 e. The minimum atomic E-state index is -1.17. The molecule has 0 aromatic heterocycles. The van der Waals surface area contributed by atoms with Crippen LogP contribution in [0, 0.1) is 23.7 Å². The van der Waals surface area contributed by atoms with Crippen LogP contribution in [-0.2, 0) is 19.1 Å². The molecule has 0 radical (unpaired) electrons. The predicted octanol–water partition coefficient (Wildman–Crippen LogP) is 4.44. The molecule has 7 atom stereocenters. The molecule has 0 aliphatic carbocycles. The van der Waals surface area contributed by atoms with Crippen LogP contribution in [0.1, 0.15) is 60.3 Å². The zero-order chi connectivity index (χ0) is 30.8. The van der Waals surface area contributed by atoms with Gasteiger partial charge in [-0.3, -0.25) is 14.4 Å². The van der Waals surface area contributed by atoms with Gasteiger partial charge in [0.1, 0.15) is 11.6 Å². The van der Waals surface area contributed by atoms with Gasteiger partial charge in [-0.1, -0.05) is 70.9 Å². The second-order valence-corrected chi connectivity index (χ2v) is 12.8. The third-order valence-electron chi connectivity index (χ3n) is 9.90. The highest BCUT2D eigenvalue weighted by molar-refractivity contribution is 6.03. The molecule has 0 saturated carbocycles. The first kappa shape index (κ1) is 32.0. The summed E-state index contributed by atoms with van der Waals surface area (Å²) < 4.78 is 6.95. The number of hydrogen-bond acceptors (Lipinski definition) is 5. The number of likely N-dealkylation sites (tertiary alicyclic amines) is 1. The minimum Gasteiger partial charge on any atom is -0.394 e. The van der Waals surface area contributed by atoms with E-state index < -0.39 is 35.1 Å². The van der Waals surface area contributed by atoms with Gasteiger partial charge in [0.25, 0.3) is 0 Å². The number of unbranched alkanes of at least 4 members (excludes halogenated alkanes) is 2. The molecule has 3 saturated heterocycles. The van der Waals surface area contributed by atoms with Gasteiger partial charge in [-0.25, -0.2) is 0 Å². The van der Waals surface area contributed by atoms with Crippen molar-refractivity contribution >= 4 is 23.4 Å². The molecule has 1 spiro atoms. The second kappa shape index (κ2) is 12.7. The van der Waals surface area contributed by atoms with Crippen molar-refractivity contribution in [3.63, 3.8) is 0 Å². The molecule has 8 nitrogen and oxygen atoms in total. The highest BCUT2D eigenvalue weighted by atomic mass is 16.5. The zero-order valence-electron chi connectivity index (χ0n) is 26.0. The molecule has 1 N–H and O–H groups in total. The Morgan fingerprint density at radius 1 is 1.14 bits per heavy atom. The molecule has 4 rings (SSSR count). The van der Waals surface area contributed by atoms with Gasteiger partial charge in [0.05, 0.1) is 30.1 Å². The van der Waals surface area contributed by atoms with Gasteiger partial charge in [0.2, 0.25) is 17.7 Å². The number of anilines is 1. The van der Waals surface area contributed by atoms with E-state index in [-0.39, 0.29) is 42.7 Å². The first-order chi connectivity index (χ1) is 20.0. The number of rotatable bonds is 14. The van der Waals surface area contributed by atoms with Gasteiger partial charge in [0, 0.05) is 25.3 Å². The van der Waals surface area contributed by atoms with Crippen molar-refractivity contribution in [2.24, 2.45) is 23.7 Å². The number of benzene rings is 1. The number of amides is 3. The molecule has 3 unspecified atom stereocenters. The minimum absolute atomic E-state index is 0.0772. The molecule has 2 bridgehead atoms. The summed E-state index contributed by atoms with van der Waals surface area (Å²) in [6.07, 6.45) is 6.71. The lowest BCUT2D eigenvalue weighted by Crippen LogP contribution is -2.60. The van der Waals surface area contributed by atoms with Gasteiger partial charge in [-0.05, 0) is 43.7 Å². The molecule has 3 aliphatic rings. The Morgan fingerprint density at radius 2 is 1.81 bits per heavy atom. The summed E-state index contributed by atoms with van der Waals surface area (Å²) in [4.78, 5) is 48.9. The van der Waals surface area contributed by atoms with E-state index in [2.05, 4.69) is 27.0 Å². The molecule has 1 aromatic carbocycles. The maximum absolute atomic E-state index is 14.7. The lowest BCUT2D eigenvalue weighted by Gasteiger charge is -2.40. The summed E-state index contributed by atoms with van der Waals surface area (Å²) in [7, 11) is 0. The van der Waals surface area contributed by atoms with Crippen molar-refractivity contribution in [2.75, 3.05) is 31.1 Å². The number of carbonyl (C=O) groups excluding carboxylic acids is 3. The fourth-order valence-corrected chi connectivity index (χ4v) is 7.71. The van der Waals surface area contributed by atoms with Crippen LogP contribution in [0.5, 0.6) is 0 Å². The topological polar surface area (TPSA) is 90.4 Å². The van der Waals surface area contributed by atoms with Crippen molar-refractivity contribution in [1.82, 2.24) is 9.80 Å². The quantitative estimate of drug-likeness (QED) is 0.260. The van der Waals surface area contributed by atoms with Gasteiger partial charge >= 0.3 is 0 Å². The van der Waals surface area contributed by atoms with Gasteiger partial charge < -0.3 is 24.5 Å². The number of ether oxygens (including phenoxy) is 1. The normalized spacial score (nSPS) is 30.4. The summed E-state index contributed by atoms with van der Waals surface area (Å²) in [6, 6.07) is 7.85. The lowest BCUT2D eigenvalue weighted by atomic mass is 9.62. The highest BCUT2D eigenvalue weighted by Gasteiger charge is 2.80. The third-order valence-corrected chi connectivity index (χ3v) is 9.90. The van der Waals surface area contributed by atoms with Crippen LogP contribution in [0.25, 0.3) is 0 Å². The molecule has 1 aromatic rings. The molecule has 3 fully saturated rings. The molecular weight excluding hydrogens is 530 g/mol. The Morgan fingerprint density at radius 3 is 2.38 bits per heavy atom. The number of nitrogens with zero attached hydrogens (tertiary/aromatic N) is 3. The van der Waals surface area contributed by atoms with Crippen molar-refractivity contribution < 1.29 is 24.2 Å². The molecule has 3 heterocycles. The van der Waals surface area contributed by atoms with E-state index in [1.54, 1.807) is 26.9 Å². The van der Waals surface area contributed by atoms with Gasteiger partial charge in [-0.2, -0.15) is 0 Å². The van der Waals surface area contributed by atoms with Gasteiger partial charge in [-0.15, -0.1) is 13.2 Å². The smallest absolute Gasteiger partial charge is 0.248 e. The van der Waals surface area contributed by atoms with Crippen molar-refractivity contribution in [3.05, 3.63) is 55.6 Å². The molecule has 230 valence electrons. The number of aliphatic hydroxyl groups is 1. The maximum atomic E-state index is 14.7. The van der Waals surface area contributed by atoms with E-state index in [0.29, 0.717) is 25.2 Å². The van der Waals surface area contributed by atoms with Crippen LogP contribution in [0.15, 0.2) is 55.6 Å². The SMILES string of the molecule is C=CCN(CCCCC)C(=O)C1N([C@@H](CO)C(C)C)C(=O)[C@@H]2[C@H](C(=O)N(CC=C)c3ccccc3)[C@@]3(C)OC12CC3C. The number of hydrogen-bond donors (Lipinski definition) is 1. The van der Waals surface area contributed by atoms with E-state index in [4.69, 9.17) is 4.74 Å². The summed E-state index contributed by atoms with van der Waals surface area (Å²) >= 11 is 0. The fraction of sp³-hybridized carbons (Fsp3) is 0.618. The molecule has 8 heteroatoms. The van der Waals surface area contributed by atoms with Crippen LogP contribution < -0.4 is 4.90 Å². The summed E-state index contributed by atoms with van der Waals surface area (Å²) in [6.45, 7) is 18.6. The number of fused-ring (bicyclic) bond motifs is 1. The van der Waals surface area contributed by atoms with E-state index in [1.165, 1.54) is 0 Å². The van der Waals surface area contributed by atoms with E-state index >= 15 is 0 Å². The Hall–Kier alpha value is -2.97. The average Bonchev–Trinajstić information content (AvgIpc) is 3.48. The van der Waals surface area contributed by atoms with E-state index in [9.17, 15) is 19.5 Å². The number of aliphatic hydroxyl groups excluding tert-OH is 1. The number of para-hydroxylation sites is 1. The lowest BCUT2D eigenvalue weighted by molar-refractivity contribution is -0.156. The summed E-state index contributed by atoms with van der Waals surface area (Å²) in [5, 5.41) is 10.5. The van der Waals surface area contributed by atoms with Crippen molar-refractivity contribution in [2.45, 2.75) is 83.6 Å². The number of carbonyl (C=O) groups is 3. The van der Waals surface area contributed by atoms with E-state index in [0.717, 1.165) is 19.3 Å². The Labute approximate surface area is 251 Å². The third kappa shape index (κ3) is 5.11. The van der Waals surface area contributed by atoms with Crippen LogP contribution in [0.4, 0.5) is 5.69 Å². The van der Waals surface area contributed by atoms with Crippen LogP contribution in [-0.4, -0.2) is 82.2 Å². The van der Waals surface area contributed by atoms with Crippen LogP contribution in [0.2, 0.25) is 0 Å². The summed E-state index contributed by atoms with van der Waals surface area (Å²) in [5.41, 5.74) is -1.39. The Bertz CT molecular complexity index is 1170. The fourth-order valence-electron chi connectivity index (χ4n) is 7.71. The highest BCUT2D eigenvalue weighted by Crippen LogP contribution is 2.66. The standard InChI is InChI=1S/C34H49N3O5/c1-8-11-15-20-35(18-9-2)32(41)29-34-21-24(6)33(7,42-34)27(28(34)31(40)37(29)26(22-38)23(4)5)30(39)36(19-10-3)25-16-13-12-14-17-25/h9-10,12-14,16-17,23-24,26-29,38H,2-3,8,11,15,18-22H2,1,4-7H3/t24?,26-,27+,28-,29?,33-,34?/m0/s1. The Kier molecular flexibility index (Phi) is 9.68. The van der Waals surface area contributed by atoms with Crippen LogP contribution >= 0.6 is 0 Å². The molecule has 3 aliphatic heterocycles. The Balaban J connectivity index is 1.85. The second-order valence-electron chi connectivity index (χ2n) is 12.8.